The van der Waals surface area contributed by atoms with E-state index in [1.54, 1.807) is 0 Å². The predicted molar refractivity (Wildman–Crippen MR) is 84.9 cm³/mol. The van der Waals surface area contributed by atoms with Gasteiger partial charge in [-0.3, -0.25) is 9.69 Å². The lowest BCUT2D eigenvalue weighted by molar-refractivity contribution is -0.123. The number of carbonyl (C=O) groups is 1. The third-order valence-electron chi connectivity index (χ3n) is 4.38. The van der Waals surface area contributed by atoms with E-state index < -0.39 is 0 Å². The number of aromatic nitrogens is 2. The largest absolute Gasteiger partial charge is 0.317 e. The number of amides is 1. The van der Waals surface area contributed by atoms with Crippen LogP contribution in [0.3, 0.4) is 0 Å². The van der Waals surface area contributed by atoms with Gasteiger partial charge in [-0.25, -0.2) is 4.98 Å². The Morgan fingerprint density at radius 1 is 1.19 bits per heavy atom. The number of imidazole rings is 1. The first-order chi connectivity index (χ1) is 9.84. The van der Waals surface area contributed by atoms with Gasteiger partial charge in [0.15, 0.2) is 0 Å². The minimum absolute atomic E-state index is 0. The molecule has 2 aliphatic rings. The van der Waals surface area contributed by atoms with Gasteiger partial charge in [0.2, 0.25) is 11.9 Å². The molecule has 1 fully saturated rings. The van der Waals surface area contributed by atoms with Gasteiger partial charge < -0.3 is 9.88 Å². The summed E-state index contributed by atoms with van der Waals surface area (Å²) in [6.07, 6.45) is 1.88. The van der Waals surface area contributed by atoms with Crippen molar-refractivity contribution in [3.63, 3.8) is 0 Å². The van der Waals surface area contributed by atoms with Crippen molar-refractivity contribution in [2.45, 2.75) is 19.4 Å². The molecule has 2 aromatic rings. The van der Waals surface area contributed by atoms with Gasteiger partial charge in [-0.2, -0.15) is 0 Å². The minimum Gasteiger partial charge on any atom is -0.317 e. The molecular formula is C15H19ClN4O. The second-order valence-corrected chi connectivity index (χ2v) is 5.57. The van der Waals surface area contributed by atoms with Crippen LogP contribution >= 0.6 is 12.4 Å². The zero-order chi connectivity index (χ0) is 13.5. The van der Waals surface area contributed by atoms with Gasteiger partial charge in [0.05, 0.1) is 11.0 Å². The fourth-order valence-corrected chi connectivity index (χ4v) is 3.29. The number of carbonyl (C=O) groups excluding carboxylic acids is 1. The molecule has 0 spiro atoms. The minimum atomic E-state index is 0. The van der Waals surface area contributed by atoms with Crippen molar-refractivity contribution in [3.8, 4) is 0 Å². The summed E-state index contributed by atoms with van der Waals surface area (Å²) in [6.45, 7) is 3.50. The molecule has 1 aromatic heterocycles. The van der Waals surface area contributed by atoms with Crippen LogP contribution < -0.4 is 10.2 Å². The van der Waals surface area contributed by atoms with Crippen molar-refractivity contribution in [2.75, 3.05) is 24.5 Å². The van der Waals surface area contributed by atoms with Gasteiger partial charge in [0.1, 0.15) is 0 Å². The molecule has 1 amide bonds. The van der Waals surface area contributed by atoms with E-state index in [0.29, 0.717) is 0 Å². The van der Waals surface area contributed by atoms with E-state index in [1.807, 2.05) is 23.1 Å². The highest BCUT2D eigenvalue weighted by Crippen LogP contribution is 2.29. The van der Waals surface area contributed by atoms with Gasteiger partial charge in [-0.1, -0.05) is 12.1 Å². The third-order valence-corrected chi connectivity index (χ3v) is 4.38. The molecule has 0 unspecified atom stereocenters. The van der Waals surface area contributed by atoms with Crippen LogP contribution in [-0.4, -0.2) is 35.1 Å². The number of nitrogens with zero attached hydrogens (tertiary/aromatic N) is 3. The van der Waals surface area contributed by atoms with Gasteiger partial charge in [0.25, 0.3) is 0 Å². The van der Waals surface area contributed by atoms with Crippen LogP contribution in [-0.2, 0) is 11.3 Å². The highest BCUT2D eigenvalue weighted by molar-refractivity contribution is 5.96. The number of para-hydroxylation sites is 2. The Hall–Kier alpha value is -1.59. The van der Waals surface area contributed by atoms with Gasteiger partial charge >= 0.3 is 0 Å². The number of fused-ring (bicyclic) bond motifs is 3. The predicted octanol–water partition coefficient (Wildman–Crippen LogP) is 1.80. The van der Waals surface area contributed by atoms with E-state index in [4.69, 9.17) is 0 Å². The number of hydrogen-bond acceptors (Lipinski definition) is 3. The molecule has 1 saturated heterocycles. The van der Waals surface area contributed by atoms with E-state index >= 15 is 0 Å². The van der Waals surface area contributed by atoms with Crippen LogP contribution in [0.1, 0.15) is 12.8 Å². The zero-order valence-electron chi connectivity index (χ0n) is 11.8. The van der Waals surface area contributed by atoms with Crippen LogP contribution in [0.15, 0.2) is 24.3 Å². The van der Waals surface area contributed by atoms with Crippen molar-refractivity contribution in [1.82, 2.24) is 14.9 Å². The average molecular weight is 307 g/mol. The number of rotatable bonds is 1. The van der Waals surface area contributed by atoms with Crippen LogP contribution in [0.5, 0.6) is 0 Å². The second kappa shape index (κ2) is 5.66. The quantitative estimate of drug-likeness (QED) is 0.874. The molecular weight excluding hydrogens is 288 g/mol. The first-order valence-corrected chi connectivity index (χ1v) is 7.32. The molecule has 0 radical (unpaired) electrons. The summed E-state index contributed by atoms with van der Waals surface area (Å²) < 4.78 is 2.16. The molecule has 0 atom stereocenters. The van der Waals surface area contributed by atoms with Crippen molar-refractivity contribution in [3.05, 3.63) is 24.3 Å². The van der Waals surface area contributed by atoms with Crippen molar-refractivity contribution < 1.29 is 4.79 Å². The second-order valence-electron chi connectivity index (χ2n) is 5.57. The Morgan fingerprint density at radius 2 is 1.95 bits per heavy atom. The van der Waals surface area contributed by atoms with Crippen LogP contribution in [0.2, 0.25) is 0 Å². The summed E-state index contributed by atoms with van der Waals surface area (Å²) in [5, 5.41) is 3.31. The summed E-state index contributed by atoms with van der Waals surface area (Å²) in [5.41, 5.74) is 2.11. The average Bonchev–Trinajstić information content (AvgIpc) is 3.06. The van der Waals surface area contributed by atoms with E-state index in [9.17, 15) is 4.79 Å². The maximum Gasteiger partial charge on any atom is 0.232 e. The lowest BCUT2D eigenvalue weighted by Crippen LogP contribution is -2.40. The molecule has 1 aromatic carbocycles. The molecule has 3 heterocycles. The molecule has 2 aliphatic heterocycles. The standard InChI is InChI=1S/C15H18N4O.ClH/c20-14(11-5-7-16-8-6-11)19-10-9-18-13-4-2-1-3-12(13)17-15(18)19;/h1-4,11,16H,5-10H2;1H. The number of halogens is 1. The topological polar surface area (TPSA) is 50.2 Å². The van der Waals surface area contributed by atoms with Crippen LogP contribution in [0.4, 0.5) is 5.95 Å². The zero-order valence-corrected chi connectivity index (χ0v) is 12.6. The smallest absolute Gasteiger partial charge is 0.232 e. The lowest BCUT2D eigenvalue weighted by atomic mass is 9.97. The summed E-state index contributed by atoms with van der Waals surface area (Å²) in [7, 11) is 0. The van der Waals surface area contributed by atoms with Gasteiger partial charge in [-0.15, -0.1) is 12.4 Å². The van der Waals surface area contributed by atoms with Gasteiger partial charge in [0, 0.05) is 19.0 Å². The van der Waals surface area contributed by atoms with Crippen LogP contribution in [0, 0.1) is 5.92 Å². The Bertz CT molecular complexity index is 663. The summed E-state index contributed by atoms with van der Waals surface area (Å²) in [4.78, 5) is 19.2. The molecule has 0 saturated carbocycles. The Morgan fingerprint density at radius 3 is 2.76 bits per heavy atom. The lowest BCUT2D eigenvalue weighted by Gasteiger charge is -2.25. The maximum absolute atomic E-state index is 12.7. The Kier molecular flexibility index (Phi) is 3.87. The molecule has 6 heteroatoms. The number of hydrogen-bond donors (Lipinski definition) is 1. The first kappa shape index (κ1) is 14.4. The van der Waals surface area contributed by atoms with Crippen molar-refractivity contribution in [1.29, 1.82) is 0 Å². The maximum atomic E-state index is 12.7. The molecule has 21 heavy (non-hydrogen) atoms. The highest BCUT2D eigenvalue weighted by atomic mass is 35.5. The Balaban J connectivity index is 0.00000132. The number of anilines is 1. The SMILES string of the molecule is Cl.O=C(C1CCNCC1)N1CCn2c1nc1ccccc12. The normalized spacial score (nSPS) is 18.6. The number of piperidine rings is 1. The van der Waals surface area contributed by atoms with Crippen LogP contribution in [0.25, 0.3) is 11.0 Å². The van der Waals surface area contributed by atoms with E-state index in [2.05, 4.69) is 20.9 Å². The van der Waals surface area contributed by atoms with E-state index in [-0.39, 0.29) is 24.2 Å². The first-order valence-electron chi connectivity index (χ1n) is 7.32. The highest BCUT2D eigenvalue weighted by Gasteiger charge is 2.33. The molecule has 5 nitrogen and oxygen atoms in total. The molecule has 1 N–H and O–H groups in total. The number of nitrogens with one attached hydrogen (secondary N) is 1. The van der Waals surface area contributed by atoms with E-state index in [1.165, 1.54) is 0 Å². The molecule has 0 aliphatic carbocycles. The summed E-state index contributed by atoms with van der Waals surface area (Å²) >= 11 is 0. The van der Waals surface area contributed by atoms with E-state index in [0.717, 1.165) is 56.0 Å². The van der Waals surface area contributed by atoms with Crippen molar-refractivity contribution in [2.24, 2.45) is 5.92 Å². The molecule has 4 rings (SSSR count). The molecule has 112 valence electrons. The Labute approximate surface area is 129 Å². The fourth-order valence-electron chi connectivity index (χ4n) is 3.29. The number of benzene rings is 1. The fraction of sp³-hybridized carbons (Fsp3) is 0.467. The summed E-state index contributed by atoms with van der Waals surface area (Å²) in [6, 6.07) is 8.09. The molecule has 0 bridgehead atoms. The summed E-state index contributed by atoms with van der Waals surface area (Å²) in [5.74, 6) is 1.23. The third kappa shape index (κ3) is 2.30. The van der Waals surface area contributed by atoms with Crippen molar-refractivity contribution >= 4 is 35.3 Å². The van der Waals surface area contributed by atoms with Gasteiger partial charge in [-0.05, 0) is 38.1 Å². The monoisotopic (exact) mass is 306 g/mol.